The van der Waals surface area contributed by atoms with Gasteiger partial charge in [0.2, 0.25) is 0 Å². The van der Waals surface area contributed by atoms with E-state index in [0.29, 0.717) is 17.2 Å². The van der Waals surface area contributed by atoms with Crippen LogP contribution in [-0.2, 0) is 0 Å². The third kappa shape index (κ3) is 7.10. The normalized spacial score (nSPS) is 11.2. The molecule has 0 aliphatic heterocycles. The number of fused-ring (bicyclic) bond motifs is 3. The van der Waals surface area contributed by atoms with Crippen molar-refractivity contribution in [2.24, 2.45) is 0 Å². The van der Waals surface area contributed by atoms with Gasteiger partial charge in [0.05, 0.1) is 51.1 Å². The van der Waals surface area contributed by atoms with Crippen LogP contribution in [0.4, 0.5) is 0 Å². The third-order valence-corrected chi connectivity index (χ3v) is 11.5. The quantitative estimate of drug-likeness (QED) is 0.153. The summed E-state index contributed by atoms with van der Waals surface area (Å²) in [6.45, 7) is 0. The zero-order chi connectivity index (χ0) is 42.1. The molecule has 11 rings (SSSR count). The monoisotopic (exact) mass is 804 g/mol. The van der Waals surface area contributed by atoms with Crippen molar-refractivity contribution >= 4 is 21.8 Å². The summed E-state index contributed by atoms with van der Waals surface area (Å²) in [6, 6.07) is 76.7. The number of nitrogens with zero attached hydrogens (tertiary/aromatic N) is 6. The van der Waals surface area contributed by atoms with E-state index in [9.17, 15) is 5.26 Å². The molecule has 0 bridgehead atoms. The molecule has 0 atom stereocenters. The fraction of sp³-hybridized carbons (Fsp3) is 0. The number of aromatic nitrogens is 5. The van der Waals surface area contributed by atoms with Crippen LogP contribution in [0.5, 0.6) is 0 Å². The molecule has 63 heavy (non-hydrogen) atoms. The van der Waals surface area contributed by atoms with Gasteiger partial charge in [-0.2, -0.15) is 5.26 Å². The average Bonchev–Trinajstić information content (AvgIpc) is 3.70. The fourth-order valence-electron chi connectivity index (χ4n) is 8.37. The molecule has 3 aromatic heterocycles. The van der Waals surface area contributed by atoms with Gasteiger partial charge in [-0.15, -0.1) is 0 Å². The van der Waals surface area contributed by atoms with Gasteiger partial charge in [-0.1, -0.05) is 158 Å². The first-order valence-corrected chi connectivity index (χ1v) is 20.9. The number of hydrogen-bond acceptors (Lipinski definition) is 5. The van der Waals surface area contributed by atoms with E-state index < -0.39 is 0 Å². The summed E-state index contributed by atoms with van der Waals surface area (Å²) in [6.07, 6.45) is 0. The highest BCUT2D eigenvalue weighted by Gasteiger charge is 2.21. The van der Waals surface area contributed by atoms with Crippen LogP contribution in [0, 0.1) is 11.3 Å². The van der Waals surface area contributed by atoms with Gasteiger partial charge in [-0.05, 0) is 71.8 Å². The number of para-hydroxylation sites is 1. The Morgan fingerprint density at radius 3 is 1.30 bits per heavy atom. The van der Waals surface area contributed by atoms with Crippen molar-refractivity contribution in [3.63, 3.8) is 0 Å². The molecule has 0 fully saturated rings. The minimum Gasteiger partial charge on any atom is -0.309 e. The Balaban J connectivity index is 1.18. The maximum absolute atomic E-state index is 9.45. The molecule has 0 spiro atoms. The summed E-state index contributed by atoms with van der Waals surface area (Å²) in [7, 11) is 0. The smallest absolute Gasteiger partial charge is 0.162 e. The van der Waals surface area contributed by atoms with Gasteiger partial charge in [-0.25, -0.2) is 19.9 Å². The number of hydrogen-bond donors (Lipinski definition) is 0. The molecule has 0 amide bonds. The van der Waals surface area contributed by atoms with E-state index in [0.717, 1.165) is 94.8 Å². The molecular formula is C57H36N6. The van der Waals surface area contributed by atoms with Gasteiger partial charge in [0.25, 0.3) is 0 Å². The Hall–Kier alpha value is -8.79. The first-order valence-electron chi connectivity index (χ1n) is 20.9. The minimum absolute atomic E-state index is 0.578. The number of benzene rings is 8. The van der Waals surface area contributed by atoms with E-state index >= 15 is 0 Å². The van der Waals surface area contributed by atoms with E-state index in [2.05, 4.69) is 132 Å². The minimum atomic E-state index is 0.578. The van der Waals surface area contributed by atoms with Crippen LogP contribution in [0.2, 0.25) is 0 Å². The van der Waals surface area contributed by atoms with Crippen molar-refractivity contribution in [1.29, 1.82) is 5.26 Å². The van der Waals surface area contributed by atoms with Gasteiger partial charge < -0.3 is 4.57 Å². The molecule has 3 heterocycles. The first-order chi connectivity index (χ1) is 31.2. The van der Waals surface area contributed by atoms with Crippen LogP contribution in [0.15, 0.2) is 218 Å². The van der Waals surface area contributed by atoms with Gasteiger partial charge in [-0.3, -0.25) is 0 Å². The maximum atomic E-state index is 9.45. The summed E-state index contributed by atoms with van der Waals surface area (Å²) in [5, 5.41) is 11.7. The molecule has 6 heteroatoms. The summed E-state index contributed by atoms with van der Waals surface area (Å²) in [5.74, 6) is 1.18. The second-order valence-corrected chi connectivity index (χ2v) is 15.4. The maximum Gasteiger partial charge on any atom is 0.162 e. The molecule has 6 nitrogen and oxygen atoms in total. The summed E-state index contributed by atoms with van der Waals surface area (Å²) < 4.78 is 2.32. The molecular weight excluding hydrogens is 769 g/mol. The van der Waals surface area contributed by atoms with Crippen LogP contribution >= 0.6 is 0 Å². The molecule has 0 aliphatic carbocycles. The predicted octanol–water partition coefficient (Wildman–Crippen LogP) is 13.9. The van der Waals surface area contributed by atoms with Crippen molar-refractivity contribution in [2.75, 3.05) is 0 Å². The lowest BCUT2D eigenvalue weighted by atomic mass is 10.0. The van der Waals surface area contributed by atoms with Gasteiger partial charge in [0.15, 0.2) is 11.6 Å². The summed E-state index contributed by atoms with van der Waals surface area (Å²) in [4.78, 5) is 21.2. The largest absolute Gasteiger partial charge is 0.309 e. The topological polar surface area (TPSA) is 80.3 Å². The lowest BCUT2D eigenvalue weighted by molar-refractivity contribution is 1.13. The Bertz CT molecular complexity index is 3370. The van der Waals surface area contributed by atoms with Crippen molar-refractivity contribution in [3.05, 3.63) is 224 Å². The molecule has 11 aromatic rings. The average molecular weight is 805 g/mol. The van der Waals surface area contributed by atoms with Crippen LogP contribution in [0.3, 0.4) is 0 Å². The molecule has 0 N–H and O–H groups in total. The lowest BCUT2D eigenvalue weighted by Gasteiger charge is -2.17. The molecule has 294 valence electrons. The lowest BCUT2D eigenvalue weighted by Crippen LogP contribution is -2.03. The molecule has 0 radical (unpaired) electrons. The van der Waals surface area contributed by atoms with Gasteiger partial charge >= 0.3 is 0 Å². The standard InChI is InChI=1S/C57H36N6/c58-37-38-25-27-39(28-26-38)44-29-31-54-47(33-44)46-23-13-14-24-53(46)63(54)55-32-30-45(56-59-49(40-15-5-1-6-16-40)35-50(60-56)41-17-7-2-8-18-41)34-48(55)57-61-51(42-19-9-3-10-20-42)36-52(62-57)43-21-11-4-12-22-43/h1-36H. The second-order valence-electron chi connectivity index (χ2n) is 15.4. The molecule has 0 saturated heterocycles. The Labute approximate surface area is 364 Å². The van der Waals surface area contributed by atoms with Crippen molar-refractivity contribution in [3.8, 4) is 90.7 Å². The van der Waals surface area contributed by atoms with E-state index in [1.165, 1.54) is 0 Å². The van der Waals surface area contributed by atoms with E-state index in [4.69, 9.17) is 19.9 Å². The first kappa shape index (κ1) is 37.2. The highest BCUT2D eigenvalue weighted by molar-refractivity contribution is 6.11. The predicted molar refractivity (Wildman–Crippen MR) is 255 cm³/mol. The summed E-state index contributed by atoms with van der Waals surface area (Å²) >= 11 is 0. The van der Waals surface area contributed by atoms with E-state index in [1.54, 1.807) is 0 Å². The number of nitriles is 1. The molecule has 0 unspecified atom stereocenters. The van der Waals surface area contributed by atoms with Crippen molar-refractivity contribution in [1.82, 2.24) is 24.5 Å². The highest BCUT2D eigenvalue weighted by atomic mass is 15.0. The molecule has 0 aliphatic rings. The van der Waals surface area contributed by atoms with Crippen LogP contribution in [0.1, 0.15) is 5.56 Å². The van der Waals surface area contributed by atoms with Crippen LogP contribution in [0.25, 0.3) is 106 Å². The second kappa shape index (κ2) is 16.0. The summed E-state index contributed by atoms with van der Waals surface area (Å²) in [5.41, 5.74) is 14.7. The van der Waals surface area contributed by atoms with Crippen LogP contribution in [-0.4, -0.2) is 24.5 Å². The zero-order valence-corrected chi connectivity index (χ0v) is 34.0. The number of rotatable bonds is 8. The van der Waals surface area contributed by atoms with Gasteiger partial charge in [0, 0.05) is 44.2 Å². The van der Waals surface area contributed by atoms with E-state index in [-0.39, 0.29) is 0 Å². The Kier molecular flexibility index (Phi) is 9.45. The highest BCUT2D eigenvalue weighted by Crippen LogP contribution is 2.40. The SMILES string of the molecule is N#Cc1ccc(-c2ccc3c(c2)c2ccccc2n3-c2ccc(-c3nc(-c4ccccc4)cc(-c4ccccc4)n3)cc2-c2nc(-c3ccccc3)cc(-c3ccccc3)n2)cc1. The molecule has 8 aromatic carbocycles. The third-order valence-electron chi connectivity index (χ3n) is 11.5. The van der Waals surface area contributed by atoms with E-state index in [1.807, 2.05) is 97.1 Å². The van der Waals surface area contributed by atoms with Crippen LogP contribution < -0.4 is 0 Å². The van der Waals surface area contributed by atoms with Crippen molar-refractivity contribution in [2.45, 2.75) is 0 Å². The molecule has 0 saturated carbocycles. The fourth-order valence-corrected chi connectivity index (χ4v) is 8.37. The Morgan fingerprint density at radius 2 is 0.778 bits per heavy atom. The van der Waals surface area contributed by atoms with Gasteiger partial charge in [0.1, 0.15) is 0 Å². The Morgan fingerprint density at radius 1 is 0.333 bits per heavy atom. The zero-order valence-electron chi connectivity index (χ0n) is 34.0. The van der Waals surface area contributed by atoms with Crippen molar-refractivity contribution < 1.29 is 0 Å².